The van der Waals surface area contributed by atoms with Crippen LogP contribution in [0.3, 0.4) is 0 Å². The molecule has 0 saturated heterocycles. The van der Waals surface area contributed by atoms with Crippen LogP contribution in [0.4, 0.5) is 0 Å². The van der Waals surface area contributed by atoms with Gasteiger partial charge in [0.15, 0.2) is 6.10 Å². The molecule has 0 aliphatic heterocycles. The lowest BCUT2D eigenvalue weighted by atomic mass is 10.1. The van der Waals surface area contributed by atoms with Gasteiger partial charge in [-0.1, -0.05) is 218 Å². The summed E-state index contributed by atoms with van der Waals surface area (Å²) in [5, 5.41) is 0. The molecule has 0 radical (unpaired) electrons. The fraction of sp³-hybridized carbons (Fsp3) is 0.518. The van der Waals surface area contributed by atoms with Gasteiger partial charge in [-0.05, 0) is 77.0 Å². The van der Waals surface area contributed by atoms with Crippen molar-refractivity contribution in [3.8, 4) is 0 Å². The smallest absolute Gasteiger partial charge is 0.306 e. The maximum absolute atomic E-state index is 12.7. The highest BCUT2D eigenvalue weighted by atomic mass is 16.6. The maximum Gasteiger partial charge on any atom is 0.306 e. The van der Waals surface area contributed by atoms with E-state index in [0.29, 0.717) is 19.3 Å². The van der Waals surface area contributed by atoms with Crippen molar-refractivity contribution < 1.29 is 28.6 Å². The summed E-state index contributed by atoms with van der Waals surface area (Å²) in [5.41, 5.74) is 0. The molecule has 0 heterocycles. The van der Waals surface area contributed by atoms with Gasteiger partial charge in [-0.2, -0.15) is 0 Å². The number of carbonyl (C=O) groups excluding carboxylic acids is 3. The summed E-state index contributed by atoms with van der Waals surface area (Å²) >= 11 is 0. The summed E-state index contributed by atoms with van der Waals surface area (Å²) in [6, 6.07) is 0. The van der Waals surface area contributed by atoms with Crippen LogP contribution in [0, 0.1) is 0 Å². The van der Waals surface area contributed by atoms with Gasteiger partial charge in [-0.15, -0.1) is 0 Å². The lowest BCUT2D eigenvalue weighted by Gasteiger charge is -2.18. The third kappa shape index (κ3) is 46.4. The first-order chi connectivity index (χ1) is 30.5. The van der Waals surface area contributed by atoms with Crippen LogP contribution in [0.15, 0.2) is 146 Å². The van der Waals surface area contributed by atoms with Gasteiger partial charge in [0.05, 0.1) is 0 Å². The molecule has 344 valence electrons. The SMILES string of the molecule is CC/C=C/C=C/C=C/C=C/CCCCCC(=O)OC(COC(=O)CCCCCCC/C=C/C=C/C=C/C=C/C=C/CCC)COC(=O)CCCCCCC/C=C/C=C/C=C/CC. The summed E-state index contributed by atoms with van der Waals surface area (Å²) in [7, 11) is 0. The largest absolute Gasteiger partial charge is 0.462 e. The van der Waals surface area contributed by atoms with Crippen LogP contribution < -0.4 is 0 Å². The molecule has 0 aromatic heterocycles. The van der Waals surface area contributed by atoms with E-state index in [2.05, 4.69) is 87.6 Å². The maximum atomic E-state index is 12.7. The summed E-state index contributed by atoms with van der Waals surface area (Å²) in [6.45, 7) is 6.16. The lowest BCUT2D eigenvalue weighted by molar-refractivity contribution is -0.167. The van der Waals surface area contributed by atoms with Crippen molar-refractivity contribution in [3.63, 3.8) is 0 Å². The van der Waals surface area contributed by atoms with Gasteiger partial charge in [-0.3, -0.25) is 14.4 Å². The first kappa shape index (κ1) is 57.3. The second-order valence-electron chi connectivity index (χ2n) is 15.2. The van der Waals surface area contributed by atoms with E-state index in [1.807, 2.05) is 79.0 Å². The molecule has 0 aliphatic carbocycles. The van der Waals surface area contributed by atoms with Crippen molar-refractivity contribution >= 4 is 17.9 Å². The van der Waals surface area contributed by atoms with Crippen molar-refractivity contribution in [2.75, 3.05) is 13.2 Å². The zero-order chi connectivity index (χ0) is 45.1. The van der Waals surface area contributed by atoms with E-state index in [9.17, 15) is 14.4 Å². The van der Waals surface area contributed by atoms with Crippen LogP contribution in [0.2, 0.25) is 0 Å². The summed E-state index contributed by atoms with van der Waals surface area (Å²) in [4.78, 5) is 37.9. The summed E-state index contributed by atoms with van der Waals surface area (Å²) < 4.78 is 16.7. The van der Waals surface area contributed by atoms with Gasteiger partial charge in [-0.25, -0.2) is 0 Å². The quantitative estimate of drug-likeness (QED) is 0.0264. The van der Waals surface area contributed by atoms with Crippen molar-refractivity contribution in [1.82, 2.24) is 0 Å². The topological polar surface area (TPSA) is 78.9 Å². The van der Waals surface area contributed by atoms with Gasteiger partial charge in [0.1, 0.15) is 13.2 Å². The van der Waals surface area contributed by atoms with Crippen molar-refractivity contribution in [1.29, 1.82) is 0 Å². The number of ether oxygens (including phenoxy) is 3. The zero-order valence-corrected chi connectivity index (χ0v) is 39.1. The molecule has 0 fully saturated rings. The van der Waals surface area contributed by atoms with Gasteiger partial charge in [0.25, 0.3) is 0 Å². The van der Waals surface area contributed by atoms with E-state index < -0.39 is 6.10 Å². The van der Waals surface area contributed by atoms with Crippen molar-refractivity contribution in [3.05, 3.63) is 146 Å². The first-order valence-corrected chi connectivity index (χ1v) is 24.0. The van der Waals surface area contributed by atoms with Crippen LogP contribution in [0.25, 0.3) is 0 Å². The average Bonchev–Trinajstić information content (AvgIpc) is 3.27. The predicted octanol–water partition coefficient (Wildman–Crippen LogP) is 15.7. The number of hydrogen-bond acceptors (Lipinski definition) is 6. The molecule has 0 spiro atoms. The Morgan fingerprint density at radius 1 is 0.339 bits per heavy atom. The number of allylic oxidation sites excluding steroid dienone is 24. The molecular weight excluding hydrogens is 769 g/mol. The Morgan fingerprint density at radius 2 is 0.629 bits per heavy atom. The van der Waals surface area contributed by atoms with Crippen LogP contribution in [-0.2, 0) is 28.6 Å². The fourth-order valence-corrected chi connectivity index (χ4v) is 5.77. The molecule has 0 N–H and O–H groups in total. The molecule has 0 amide bonds. The van der Waals surface area contributed by atoms with Crippen LogP contribution in [-0.4, -0.2) is 37.2 Å². The summed E-state index contributed by atoms with van der Waals surface area (Å²) in [6.07, 6.45) is 69.6. The van der Waals surface area contributed by atoms with E-state index in [0.717, 1.165) is 116 Å². The minimum absolute atomic E-state index is 0.120. The Kier molecular flexibility index (Phi) is 45.2. The van der Waals surface area contributed by atoms with E-state index in [4.69, 9.17) is 14.2 Å². The third-order valence-corrected chi connectivity index (χ3v) is 9.32. The highest BCUT2D eigenvalue weighted by Crippen LogP contribution is 2.12. The second-order valence-corrected chi connectivity index (χ2v) is 15.2. The summed E-state index contributed by atoms with van der Waals surface area (Å²) in [5.74, 6) is -1.02. The van der Waals surface area contributed by atoms with E-state index in [1.165, 1.54) is 6.42 Å². The Hall–Kier alpha value is -4.71. The number of carbonyl (C=O) groups is 3. The Morgan fingerprint density at radius 3 is 1.00 bits per heavy atom. The highest BCUT2D eigenvalue weighted by Gasteiger charge is 2.19. The first-order valence-electron chi connectivity index (χ1n) is 24.0. The molecule has 1 atom stereocenters. The van der Waals surface area contributed by atoms with Crippen LogP contribution >= 0.6 is 0 Å². The molecule has 62 heavy (non-hydrogen) atoms. The molecule has 6 nitrogen and oxygen atoms in total. The van der Waals surface area contributed by atoms with E-state index in [-0.39, 0.29) is 37.5 Å². The number of rotatable bonds is 40. The van der Waals surface area contributed by atoms with Crippen molar-refractivity contribution in [2.45, 2.75) is 175 Å². The molecule has 0 aromatic rings. The average molecular weight is 853 g/mol. The molecule has 0 aromatic carbocycles. The zero-order valence-electron chi connectivity index (χ0n) is 39.1. The molecule has 0 aliphatic rings. The minimum Gasteiger partial charge on any atom is -0.462 e. The van der Waals surface area contributed by atoms with Crippen LogP contribution in [0.1, 0.15) is 168 Å². The molecular formula is C56H84O6. The van der Waals surface area contributed by atoms with E-state index >= 15 is 0 Å². The minimum atomic E-state index is -0.823. The Labute approximate surface area is 378 Å². The monoisotopic (exact) mass is 853 g/mol. The van der Waals surface area contributed by atoms with E-state index in [1.54, 1.807) is 0 Å². The van der Waals surface area contributed by atoms with Crippen molar-refractivity contribution in [2.24, 2.45) is 0 Å². The number of unbranched alkanes of at least 4 members (excludes halogenated alkanes) is 14. The van der Waals surface area contributed by atoms with Gasteiger partial charge < -0.3 is 14.2 Å². The lowest BCUT2D eigenvalue weighted by Crippen LogP contribution is -2.30. The standard InChI is InChI=1S/C56H84O6/c1-4-7-10-13-16-19-22-25-26-27-28-29-32-34-37-40-43-46-49-55(58)61-52-53(62-56(59)50-47-44-41-38-35-31-24-21-18-15-12-9-6-3)51-60-54(57)48-45-42-39-36-33-30-23-20-17-14-11-8-5-2/h8-29,31,35,53H,4-7,30,32-34,36-52H2,1-3H3/b11-8+,12-9+,13-10+,17-14+,18-15+,19-16+,23-20+,24-21+,25-22+,27-26+,29-28+,35-31+. The normalized spacial score (nSPS) is 13.4. The third-order valence-electron chi connectivity index (χ3n) is 9.32. The predicted molar refractivity (Wildman–Crippen MR) is 265 cm³/mol. The molecule has 0 rings (SSSR count). The fourth-order valence-electron chi connectivity index (χ4n) is 5.77. The van der Waals surface area contributed by atoms with Crippen LogP contribution in [0.5, 0.6) is 0 Å². The van der Waals surface area contributed by atoms with Gasteiger partial charge in [0, 0.05) is 19.3 Å². The molecule has 0 saturated carbocycles. The number of hydrogen-bond donors (Lipinski definition) is 0. The molecule has 1 unspecified atom stereocenters. The Balaban J connectivity index is 4.56. The second kappa shape index (κ2) is 49.0. The van der Waals surface area contributed by atoms with Gasteiger partial charge >= 0.3 is 17.9 Å². The molecule has 6 heteroatoms. The Bertz CT molecular complexity index is 1440. The highest BCUT2D eigenvalue weighted by molar-refractivity contribution is 5.71. The van der Waals surface area contributed by atoms with Gasteiger partial charge in [0.2, 0.25) is 0 Å². The molecule has 0 bridgehead atoms. The number of esters is 3.